The zero-order valence-electron chi connectivity index (χ0n) is 17.5. The Morgan fingerprint density at radius 3 is 2.60 bits per heavy atom. The molecule has 0 amide bonds. The van der Waals surface area contributed by atoms with E-state index in [9.17, 15) is 8.42 Å². The SMILES string of the molecule is CN=C(NCc1cccc(S(=O)(=O)NC)c1)N1CCC(c2ccc(OC)cc2)C1.I. The number of aliphatic imine (C=N–C) groups is 1. The third-order valence-electron chi connectivity index (χ3n) is 5.21. The minimum atomic E-state index is -3.45. The van der Waals surface area contributed by atoms with Crippen LogP contribution in [0.25, 0.3) is 0 Å². The average Bonchev–Trinajstić information content (AvgIpc) is 3.24. The summed E-state index contributed by atoms with van der Waals surface area (Å²) in [4.78, 5) is 6.91. The standard InChI is InChI=1S/C21H28N4O3S.HI/c1-22-21(24-14-16-5-4-6-20(13-16)29(26,27)23-2)25-12-11-18(15-25)17-7-9-19(28-3)10-8-17;/h4-10,13,18,23H,11-12,14-15H2,1-3H3,(H,22,24);1H. The minimum Gasteiger partial charge on any atom is -0.497 e. The largest absolute Gasteiger partial charge is 0.497 e. The number of nitrogens with one attached hydrogen (secondary N) is 2. The van der Waals surface area contributed by atoms with Gasteiger partial charge in [-0.05, 0) is 48.9 Å². The zero-order valence-corrected chi connectivity index (χ0v) is 20.6. The molecule has 1 heterocycles. The second-order valence-corrected chi connectivity index (χ2v) is 8.85. The summed E-state index contributed by atoms with van der Waals surface area (Å²) in [7, 11) is 1.40. The van der Waals surface area contributed by atoms with Crippen LogP contribution in [0.3, 0.4) is 0 Å². The normalized spacial score (nSPS) is 16.8. The van der Waals surface area contributed by atoms with Gasteiger partial charge >= 0.3 is 0 Å². The van der Waals surface area contributed by atoms with E-state index in [1.54, 1.807) is 32.4 Å². The number of hydrogen-bond acceptors (Lipinski definition) is 4. The van der Waals surface area contributed by atoms with Gasteiger partial charge in [-0.3, -0.25) is 4.99 Å². The Morgan fingerprint density at radius 2 is 1.97 bits per heavy atom. The van der Waals surface area contributed by atoms with E-state index in [1.807, 2.05) is 18.2 Å². The Labute approximate surface area is 196 Å². The van der Waals surface area contributed by atoms with Crippen molar-refractivity contribution in [3.05, 3.63) is 59.7 Å². The highest BCUT2D eigenvalue weighted by Crippen LogP contribution is 2.28. The van der Waals surface area contributed by atoms with Crippen LogP contribution in [-0.2, 0) is 16.6 Å². The maximum absolute atomic E-state index is 12.0. The highest BCUT2D eigenvalue weighted by atomic mass is 127. The summed E-state index contributed by atoms with van der Waals surface area (Å²) in [6, 6.07) is 15.2. The fraction of sp³-hybridized carbons (Fsp3) is 0.381. The summed E-state index contributed by atoms with van der Waals surface area (Å²) < 4.78 is 31.6. The number of nitrogens with zero attached hydrogens (tertiary/aromatic N) is 2. The molecule has 9 heteroatoms. The van der Waals surface area contributed by atoms with Crippen molar-refractivity contribution < 1.29 is 13.2 Å². The van der Waals surface area contributed by atoms with Gasteiger partial charge in [0, 0.05) is 32.6 Å². The highest BCUT2D eigenvalue weighted by molar-refractivity contribution is 14.0. The molecule has 30 heavy (non-hydrogen) atoms. The van der Waals surface area contributed by atoms with Gasteiger partial charge in [0.05, 0.1) is 12.0 Å². The third-order valence-corrected chi connectivity index (χ3v) is 6.63. The van der Waals surface area contributed by atoms with Crippen LogP contribution in [-0.4, -0.2) is 53.6 Å². The predicted octanol–water partition coefficient (Wildman–Crippen LogP) is 2.79. The van der Waals surface area contributed by atoms with Gasteiger partial charge in [0.25, 0.3) is 0 Å². The van der Waals surface area contributed by atoms with Crippen molar-refractivity contribution in [3.8, 4) is 5.75 Å². The van der Waals surface area contributed by atoms with Crippen LogP contribution < -0.4 is 14.8 Å². The van der Waals surface area contributed by atoms with E-state index in [1.165, 1.54) is 12.6 Å². The molecular weight excluding hydrogens is 515 g/mol. The molecule has 1 unspecified atom stereocenters. The highest BCUT2D eigenvalue weighted by Gasteiger charge is 2.26. The van der Waals surface area contributed by atoms with Crippen LogP contribution in [0.15, 0.2) is 58.4 Å². The van der Waals surface area contributed by atoms with Gasteiger partial charge < -0.3 is 15.0 Å². The summed E-state index contributed by atoms with van der Waals surface area (Å²) >= 11 is 0. The van der Waals surface area contributed by atoms with Crippen LogP contribution in [0.1, 0.15) is 23.5 Å². The average molecular weight is 544 g/mol. The van der Waals surface area contributed by atoms with Crippen molar-refractivity contribution in [2.75, 3.05) is 34.3 Å². The van der Waals surface area contributed by atoms with Gasteiger partial charge in [-0.1, -0.05) is 24.3 Å². The van der Waals surface area contributed by atoms with Gasteiger partial charge in [0.15, 0.2) is 5.96 Å². The summed E-state index contributed by atoms with van der Waals surface area (Å²) in [6.45, 7) is 2.31. The van der Waals surface area contributed by atoms with Gasteiger partial charge in [-0.15, -0.1) is 24.0 Å². The van der Waals surface area contributed by atoms with Crippen molar-refractivity contribution >= 4 is 40.0 Å². The molecule has 3 rings (SSSR count). The first-order valence-electron chi connectivity index (χ1n) is 9.59. The van der Waals surface area contributed by atoms with Crippen LogP contribution >= 0.6 is 24.0 Å². The Kier molecular flexibility index (Phi) is 8.92. The maximum atomic E-state index is 12.0. The Hall–Kier alpha value is -1.85. The molecule has 0 saturated carbocycles. The molecule has 2 aromatic carbocycles. The van der Waals surface area contributed by atoms with E-state index in [2.05, 4.69) is 32.1 Å². The van der Waals surface area contributed by atoms with E-state index in [0.717, 1.165) is 36.8 Å². The lowest BCUT2D eigenvalue weighted by atomic mass is 9.98. The van der Waals surface area contributed by atoms with Crippen LogP contribution in [0.2, 0.25) is 0 Å². The number of ether oxygens (including phenoxy) is 1. The van der Waals surface area contributed by atoms with Crippen molar-refractivity contribution in [3.63, 3.8) is 0 Å². The van der Waals surface area contributed by atoms with Crippen LogP contribution in [0.5, 0.6) is 5.75 Å². The first kappa shape index (κ1) is 24.4. The Morgan fingerprint density at radius 1 is 1.23 bits per heavy atom. The van der Waals surface area contributed by atoms with Crippen molar-refractivity contribution in [1.29, 1.82) is 0 Å². The Bertz CT molecular complexity index is 964. The molecule has 0 aliphatic carbocycles. The molecule has 1 aliphatic heterocycles. The number of methoxy groups -OCH3 is 1. The Balaban J connectivity index is 0.00000320. The molecule has 0 radical (unpaired) electrons. The number of sulfonamides is 1. The molecule has 1 aliphatic rings. The summed E-state index contributed by atoms with van der Waals surface area (Å²) in [5.41, 5.74) is 2.18. The van der Waals surface area contributed by atoms with Crippen LogP contribution in [0.4, 0.5) is 0 Å². The van der Waals surface area contributed by atoms with Gasteiger partial charge in [-0.2, -0.15) is 0 Å². The molecule has 0 spiro atoms. The quantitative estimate of drug-likeness (QED) is 0.332. The number of halogens is 1. The smallest absolute Gasteiger partial charge is 0.240 e. The lowest BCUT2D eigenvalue weighted by Crippen LogP contribution is -2.39. The van der Waals surface area contributed by atoms with Crippen molar-refractivity contribution in [2.45, 2.75) is 23.8 Å². The topological polar surface area (TPSA) is 83.0 Å². The summed E-state index contributed by atoms with van der Waals surface area (Å²) in [6.07, 6.45) is 1.06. The third kappa shape index (κ3) is 5.86. The van der Waals surface area contributed by atoms with Crippen molar-refractivity contribution in [1.82, 2.24) is 14.9 Å². The second kappa shape index (κ2) is 11.0. The van der Waals surface area contributed by atoms with E-state index in [0.29, 0.717) is 12.5 Å². The molecule has 1 atom stereocenters. The number of benzene rings is 2. The number of guanidine groups is 1. The maximum Gasteiger partial charge on any atom is 0.240 e. The van der Waals surface area contributed by atoms with Gasteiger partial charge in [0.1, 0.15) is 5.75 Å². The molecule has 164 valence electrons. The van der Waals surface area contributed by atoms with Gasteiger partial charge in [0.2, 0.25) is 10.0 Å². The summed E-state index contributed by atoms with van der Waals surface area (Å²) in [5.74, 6) is 2.13. The number of hydrogen-bond donors (Lipinski definition) is 2. The first-order valence-corrected chi connectivity index (χ1v) is 11.1. The second-order valence-electron chi connectivity index (χ2n) is 6.96. The van der Waals surface area contributed by atoms with E-state index < -0.39 is 10.0 Å². The summed E-state index contributed by atoms with van der Waals surface area (Å²) in [5, 5.41) is 3.36. The molecular formula is C21H29IN4O3S. The molecule has 1 saturated heterocycles. The number of rotatable bonds is 6. The fourth-order valence-corrected chi connectivity index (χ4v) is 4.35. The predicted molar refractivity (Wildman–Crippen MR) is 130 cm³/mol. The molecule has 2 N–H and O–H groups in total. The number of likely N-dealkylation sites (tertiary alicyclic amines) is 1. The van der Waals surface area contributed by atoms with Gasteiger partial charge in [-0.25, -0.2) is 13.1 Å². The molecule has 2 aromatic rings. The zero-order chi connectivity index (χ0) is 20.9. The monoisotopic (exact) mass is 544 g/mol. The first-order chi connectivity index (χ1) is 14.0. The molecule has 1 fully saturated rings. The van der Waals surface area contributed by atoms with E-state index in [-0.39, 0.29) is 28.9 Å². The van der Waals surface area contributed by atoms with Crippen LogP contribution in [0, 0.1) is 0 Å². The van der Waals surface area contributed by atoms with Crippen molar-refractivity contribution in [2.24, 2.45) is 4.99 Å². The van der Waals surface area contributed by atoms with E-state index >= 15 is 0 Å². The van der Waals surface area contributed by atoms with E-state index in [4.69, 9.17) is 4.74 Å². The molecule has 0 bridgehead atoms. The molecule has 0 aromatic heterocycles. The lowest BCUT2D eigenvalue weighted by Gasteiger charge is -2.22. The minimum absolute atomic E-state index is 0. The lowest BCUT2D eigenvalue weighted by molar-refractivity contribution is 0.414. The fourth-order valence-electron chi connectivity index (χ4n) is 3.55. The molecule has 7 nitrogen and oxygen atoms in total.